The van der Waals surface area contributed by atoms with Crippen LogP contribution in [-0.4, -0.2) is 10.7 Å². The van der Waals surface area contributed by atoms with Gasteiger partial charge in [0.25, 0.3) is 5.69 Å². The minimum atomic E-state index is -0.402. The number of aryl methyl sites for hydroxylation is 1. The van der Waals surface area contributed by atoms with Gasteiger partial charge in [-0.05, 0) is 13.0 Å². The van der Waals surface area contributed by atoms with Gasteiger partial charge in [-0.3, -0.25) is 10.1 Å². The predicted molar refractivity (Wildman–Crippen MR) is 58.6 cm³/mol. The molecule has 1 aromatic rings. The topological polar surface area (TPSA) is 43.1 Å². The molecule has 0 heterocycles. The van der Waals surface area contributed by atoms with E-state index in [9.17, 15) is 10.1 Å². The van der Waals surface area contributed by atoms with Crippen LogP contribution in [0.5, 0.6) is 0 Å². The third-order valence-corrected chi connectivity index (χ3v) is 1.88. The summed E-state index contributed by atoms with van der Waals surface area (Å²) in [6.45, 7) is 1.70. The monoisotopic (exact) mass is 207 g/mol. The van der Waals surface area contributed by atoms with Crippen molar-refractivity contribution < 1.29 is 4.92 Å². The molecule has 0 fully saturated rings. The zero-order valence-electron chi connectivity index (χ0n) is 7.65. The van der Waals surface area contributed by atoms with E-state index in [2.05, 4.69) is 24.5 Å². The molecule has 0 radical (unpaired) electrons. The molecule has 0 saturated heterocycles. The van der Waals surface area contributed by atoms with Gasteiger partial charge in [0.2, 0.25) is 0 Å². The Bertz CT molecular complexity index is 418. The van der Waals surface area contributed by atoms with Crippen molar-refractivity contribution in [1.82, 2.24) is 0 Å². The molecule has 0 unspecified atom stereocenters. The van der Waals surface area contributed by atoms with Crippen molar-refractivity contribution in [2.45, 2.75) is 6.92 Å². The number of nitro groups is 1. The summed E-state index contributed by atoms with van der Waals surface area (Å²) >= 11 is 3.93. The van der Waals surface area contributed by atoms with Crippen LogP contribution in [-0.2, 0) is 0 Å². The third-order valence-electron chi connectivity index (χ3n) is 1.72. The van der Waals surface area contributed by atoms with Crippen molar-refractivity contribution in [3.05, 3.63) is 39.4 Å². The molecule has 0 aliphatic carbocycles. The highest BCUT2D eigenvalue weighted by molar-refractivity contribution is 7.80. The molecule has 0 aliphatic heterocycles. The number of nitrogens with zero attached hydrogens (tertiary/aromatic N) is 1. The second-order valence-corrected chi connectivity index (χ2v) is 3.03. The van der Waals surface area contributed by atoms with E-state index in [0.29, 0.717) is 16.9 Å². The molecule has 1 aromatic carbocycles. The first-order chi connectivity index (χ1) is 6.65. The molecule has 0 amide bonds. The smallest absolute Gasteiger partial charge is 0.258 e. The average Bonchev–Trinajstić information content (AvgIpc) is 2.16. The molecule has 0 saturated carbocycles. The number of hydrogen-bond acceptors (Lipinski definition) is 3. The number of nitro benzene ring substituents is 1. The van der Waals surface area contributed by atoms with Gasteiger partial charge in [0, 0.05) is 17.2 Å². The summed E-state index contributed by atoms with van der Waals surface area (Å²) in [6.07, 6.45) is 0. The van der Waals surface area contributed by atoms with Crippen LogP contribution in [0, 0.1) is 28.9 Å². The molecular weight excluding hydrogens is 198 g/mol. The first-order valence-corrected chi connectivity index (χ1v) is 4.63. The Balaban J connectivity index is 3.13. The van der Waals surface area contributed by atoms with Crippen molar-refractivity contribution in [3.8, 4) is 11.8 Å². The number of benzene rings is 1. The van der Waals surface area contributed by atoms with Gasteiger partial charge in [0.05, 0.1) is 10.7 Å². The molecule has 14 heavy (non-hydrogen) atoms. The van der Waals surface area contributed by atoms with Gasteiger partial charge in [-0.25, -0.2) is 0 Å². The van der Waals surface area contributed by atoms with Crippen LogP contribution < -0.4 is 0 Å². The Morgan fingerprint density at radius 1 is 1.57 bits per heavy atom. The maximum Gasteiger partial charge on any atom is 0.273 e. The minimum Gasteiger partial charge on any atom is -0.258 e. The van der Waals surface area contributed by atoms with Crippen LogP contribution in [0.15, 0.2) is 18.2 Å². The lowest BCUT2D eigenvalue weighted by molar-refractivity contribution is -0.385. The molecular formula is C10H9NO2S. The zero-order valence-corrected chi connectivity index (χ0v) is 8.54. The standard InChI is InChI=1S/C10H9NO2S/c1-8-4-5-9(3-2-6-14)7-10(8)11(12)13/h4-5,7,14H,6H2,1H3. The first-order valence-electron chi connectivity index (χ1n) is 4.00. The molecule has 0 bridgehead atoms. The highest BCUT2D eigenvalue weighted by Gasteiger charge is 2.09. The first kappa shape index (κ1) is 10.6. The molecule has 1 rings (SSSR count). The van der Waals surface area contributed by atoms with Gasteiger partial charge in [-0.2, -0.15) is 12.6 Å². The van der Waals surface area contributed by atoms with Crippen LogP contribution in [0.3, 0.4) is 0 Å². The SMILES string of the molecule is Cc1ccc(C#CCS)cc1[N+](=O)[O-]. The van der Waals surface area contributed by atoms with E-state index in [-0.39, 0.29) is 5.69 Å². The lowest BCUT2D eigenvalue weighted by Crippen LogP contribution is -1.92. The molecule has 0 atom stereocenters. The molecule has 72 valence electrons. The summed E-state index contributed by atoms with van der Waals surface area (Å²) in [7, 11) is 0. The summed E-state index contributed by atoms with van der Waals surface area (Å²) in [5, 5.41) is 10.6. The van der Waals surface area contributed by atoms with Gasteiger partial charge in [-0.15, -0.1) is 0 Å². The second kappa shape index (κ2) is 4.68. The normalized spacial score (nSPS) is 9.00. The van der Waals surface area contributed by atoms with Crippen molar-refractivity contribution in [2.75, 3.05) is 5.75 Å². The van der Waals surface area contributed by atoms with E-state index in [0.717, 1.165) is 0 Å². The van der Waals surface area contributed by atoms with Crippen LogP contribution in [0.25, 0.3) is 0 Å². The Kier molecular flexibility index (Phi) is 3.55. The van der Waals surface area contributed by atoms with Crippen molar-refractivity contribution in [1.29, 1.82) is 0 Å². The van der Waals surface area contributed by atoms with E-state index >= 15 is 0 Å². The summed E-state index contributed by atoms with van der Waals surface area (Å²) < 4.78 is 0. The van der Waals surface area contributed by atoms with Gasteiger partial charge in [0.15, 0.2) is 0 Å². The van der Waals surface area contributed by atoms with E-state index in [4.69, 9.17) is 0 Å². The summed E-state index contributed by atoms with van der Waals surface area (Å²) in [5.74, 6) is 5.97. The summed E-state index contributed by atoms with van der Waals surface area (Å²) in [6, 6.07) is 4.94. The van der Waals surface area contributed by atoms with Crippen LogP contribution >= 0.6 is 12.6 Å². The van der Waals surface area contributed by atoms with Crippen molar-refractivity contribution in [3.63, 3.8) is 0 Å². The van der Waals surface area contributed by atoms with Gasteiger partial charge in [-0.1, -0.05) is 17.9 Å². The van der Waals surface area contributed by atoms with Gasteiger partial charge < -0.3 is 0 Å². The molecule has 0 aliphatic rings. The van der Waals surface area contributed by atoms with Gasteiger partial charge in [0.1, 0.15) is 0 Å². The highest BCUT2D eigenvalue weighted by Crippen LogP contribution is 2.18. The number of thiol groups is 1. The summed E-state index contributed by atoms with van der Waals surface area (Å²) in [5.41, 5.74) is 1.40. The molecule has 3 nitrogen and oxygen atoms in total. The van der Waals surface area contributed by atoms with E-state index in [1.54, 1.807) is 19.1 Å². The van der Waals surface area contributed by atoms with Gasteiger partial charge >= 0.3 is 0 Å². The fraction of sp³-hybridized carbons (Fsp3) is 0.200. The second-order valence-electron chi connectivity index (χ2n) is 2.72. The number of rotatable bonds is 1. The fourth-order valence-corrected chi connectivity index (χ4v) is 1.10. The Hall–Kier alpha value is -1.47. The predicted octanol–water partition coefficient (Wildman–Crippen LogP) is 2.18. The molecule has 4 heteroatoms. The Morgan fingerprint density at radius 3 is 2.86 bits per heavy atom. The lowest BCUT2D eigenvalue weighted by atomic mass is 10.1. The van der Waals surface area contributed by atoms with Crippen LogP contribution in [0.1, 0.15) is 11.1 Å². The maximum absolute atomic E-state index is 10.6. The summed E-state index contributed by atoms with van der Waals surface area (Å²) in [4.78, 5) is 10.2. The average molecular weight is 207 g/mol. The van der Waals surface area contributed by atoms with E-state index in [1.807, 2.05) is 0 Å². The highest BCUT2D eigenvalue weighted by atomic mass is 32.1. The van der Waals surface area contributed by atoms with Crippen LogP contribution in [0.4, 0.5) is 5.69 Å². The Labute approximate surface area is 87.7 Å². The van der Waals surface area contributed by atoms with E-state index in [1.165, 1.54) is 6.07 Å². The molecule has 0 aromatic heterocycles. The quantitative estimate of drug-likeness (QED) is 0.332. The van der Waals surface area contributed by atoms with Crippen molar-refractivity contribution in [2.24, 2.45) is 0 Å². The Morgan fingerprint density at radius 2 is 2.29 bits per heavy atom. The molecule has 0 spiro atoms. The minimum absolute atomic E-state index is 0.107. The fourth-order valence-electron chi connectivity index (χ4n) is 1.03. The largest absolute Gasteiger partial charge is 0.273 e. The van der Waals surface area contributed by atoms with E-state index < -0.39 is 4.92 Å². The van der Waals surface area contributed by atoms with Crippen molar-refractivity contribution >= 4 is 18.3 Å². The third kappa shape index (κ3) is 2.51. The molecule has 0 N–H and O–H groups in total. The lowest BCUT2D eigenvalue weighted by Gasteiger charge is -1.96. The maximum atomic E-state index is 10.6. The number of hydrogen-bond donors (Lipinski definition) is 1. The zero-order chi connectivity index (χ0) is 10.6. The van der Waals surface area contributed by atoms with Crippen LogP contribution in [0.2, 0.25) is 0 Å².